The first kappa shape index (κ1) is 15.9. The Kier molecular flexibility index (Phi) is 3.83. The van der Waals surface area contributed by atoms with Crippen molar-refractivity contribution in [2.75, 3.05) is 0 Å². The zero-order valence-electron chi connectivity index (χ0n) is 12.8. The molecule has 6 nitrogen and oxygen atoms in total. The summed E-state index contributed by atoms with van der Waals surface area (Å²) < 4.78 is -0.641. The van der Waals surface area contributed by atoms with Crippen molar-refractivity contribution in [3.05, 3.63) is 35.9 Å². The van der Waals surface area contributed by atoms with Gasteiger partial charge in [-0.2, -0.15) is 0 Å². The van der Waals surface area contributed by atoms with Crippen LogP contribution in [0.2, 0.25) is 0 Å². The standard InChI is InChI=1S/C16H18N2O4S/c1-16(2)12(15(21)22)18-13(20)11(14(18)23-16)17-10(19)8-9-6-4-3-5-7-9/h3-7,11-12,14H,8H2,1-2H3,(H,17,19)(H,21,22)/p-1/t11-,12+,14+/m0/s1. The molecule has 23 heavy (non-hydrogen) atoms. The SMILES string of the molecule is CC1(C)S[C@@H]2[C@@H](NC(=O)Cc3ccccc3)C(=O)N2[C@@H]1C(=O)[O-]. The summed E-state index contributed by atoms with van der Waals surface area (Å²) in [5.41, 5.74) is 0.862. The van der Waals surface area contributed by atoms with E-state index < -0.39 is 22.8 Å². The number of β-lactam (4-membered cyclic amide) rings is 1. The van der Waals surface area contributed by atoms with Gasteiger partial charge in [-0.3, -0.25) is 9.59 Å². The van der Waals surface area contributed by atoms with Crippen LogP contribution in [0.15, 0.2) is 30.3 Å². The predicted octanol–water partition coefficient (Wildman–Crippen LogP) is -0.474. The molecule has 1 aromatic rings. The lowest BCUT2D eigenvalue weighted by Gasteiger charge is -2.45. The van der Waals surface area contributed by atoms with Crippen LogP contribution in [0.3, 0.4) is 0 Å². The maximum Gasteiger partial charge on any atom is 0.249 e. The number of fused-ring (bicyclic) bond motifs is 1. The number of carbonyl (C=O) groups excluding carboxylic acids is 3. The Hall–Kier alpha value is -2.02. The van der Waals surface area contributed by atoms with Gasteiger partial charge in [-0.05, 0) is 19.4 Å². The monoisotopic (exact) mass is 333 g/mol. The number of rotatable bonds is 4. The minimum absolute atomic E-state index is 0.190. The third kappa shape index (κ3) is 2.69. The highest BCUT2D eigenvalue weighted by Gasteiger charge is 2.62. The number of aliphatic carboxylic acids is 1. The van der Waals surface area contributed by atoms with Gasteiger partial charge in [-0.25, -0.2) is 0 Å². The van der Waals surface area contributed by atoms with Gasteiger partial charge in [0.1, 0.15) is 11.4 Å². The Bertz CT molecular complexity index is 661. The zero-order chi connectivity index (χ0) is 16.8. The van der Waals surface area contributed by atoms with Crippen molar-refractivity contribution in [1.82, 2.24) is 10.2 Å². The molecular weight excluding hydrogens is 316 g/mol. The van der Waals surface area contributed by atoms with Crippen LogP contribution in [-0.2, 0) is 20.8 Å². The molecule has 1 aromatic carbocycles. The van der Waals surface area contributed by atoms with Crippen LogP contribution in [0.5, 0.6) is 0 Å². The molecule has 2 saturated heterocycles. The molecule has 2 amide bonds. The van der Waals surface area contributed by atoms with Crippen LogP contribution in [0.1, 0.15) is 19.4 Å². The molecule has 0 unspecified atom stereocenters. The van der Waals surface area contributed by atoms with Gasteiger partial charge < -0.3 is 20.1 Å². The van der Waals surface area contributed by atoms with Gasteiger partial charge in [0.2, 0.25) is 11.8 Å². The fourth-order valence-corrected chi connectivity index (χ4v) is 4.75. The highest BCUT2D eigenvalue weighted by Crippen LogP contribution is 2.50. The molecule has 2 fully saturated rings. The highest BCUT2D eigenvalue weighted by molar-refractivity contribution is 8.01. The molecule has 0 saturated carbocycles. The lowest BCUT2D eigenvalue weighted by atomic mass is 9.96. The summed E-state index contributed by atoms with van der Waals surface area (Å²) in [7, 11) is 0. The van der Waals surface area contributed by atoms with Crippen molar-refractivity contribution >= 4 is 29.5 Å². The molecule has 1 N–H and O–H groups in total. The third-order valence-corrected chi connectivity index (χ3v) is 5.76. The first-order valence-corrected chi connectivity index (χ1v) is 8.23. The molecular formula is C16H17N2O4S-. The summed E-state index contributed by atoms with van der Waals surface area (Å²) in [6.07, 6.45) is 0.190. The molecule has 2 aliphatic rings. The Morgan fingerprint density at radius 3 is 2.57 bits per heavy atom. The van der Waals surface area contributed by atoms with Crippen LogP contribution in [-0.4, -0.2) is 44.9 Å². The fraction of sp³-hybridized carbons (Fsp3) is 0.438. The summed E-state index contributed by atoms with van der Waals surface area (Å²) >= 11 is 1.38. The smallest absolute Gasteiger partial charge is 0.249 e. The van der Waals surface area contributed by atoms with Gasteiger partial charge >= 0.3 is 0 Å². The maximum atomic E-state index is 12.2. The largest absolute Gasteiger partial charge is 0.548 e. The number of nitrogens with zero attached hydrogens (tertiary/aromatic N) is 1. The minimum atomic E-state index is -1.26. The Balaban J connectivity index is 1.66. The topological polar surface area (TPSA) is 89.5 Å². The number of carboxylic acid groups (broad SMARTS) is 1. The predicted molar refractivity (Wildman–Crippen MR) is 83.2 cm³/mol. The summed E-state index contributed by atoms with van der Waals surface area (Å²) in [6.45, 7) is 3.54. The van der Waals surface area contributed by atoms with E-state index in [4.69, 9.17) is 0 Å². The molecule has 0 bridgehead atoms. The Morgan fingerprint density at radius 2 is 1.96 bits per heavy atom. The molecule has 3 rings (SSSR count). The van der Waals surface area contributed by atoms with Crippen molar-refractivity contribution in [2.24, 2.45) is 0 Å². The molecule has 0 spiro atoms. The van der Waals surface area contributed by atoms with Crippen molar-refractivity contribution in [1.29, 1.82) is 0 Å². The third-order valence-electron chi connectivity index (χ3n) is 4.19. The molecule has 122 valence electrons. The quantitative estimate of drug-likeness (QED) is 0.752. The van der Waals surface area contributed by atoms with Crippen LogP contribution < -0.4 is 10.4 Å². The average Bonchev–Trinajstić information content (AvgIpc) is 2.74. The van der Waals surface area contributed by atoms with E-state index in [0.29, 0.717) is 0 Å². The fourth-order valence-electron chi connectivity index (χ4n) is 3.13. The zero-order valence-corrected chi connectivity index (χ0v) is 13.6. The van der Waals surface area contributed by atoms with Crippen molar-refractivity contribution in [3.63, 3.8) is 0 Å². The number of benzene rings is 1. The molecule has 3 atom stereocenters. The first-order valence-electron chi connectivity index (χ1n) is 7.35. The van der Waals surface area contributed by atoms with Gasteiger partial charge in [-0.1, -0.05) is 30.3 Å². The van der Waals surface area contributed by atoms with Gasteiger partial charge in [0.25, 0.3) is 0 Å². The van der Waals surface area contributed by atoms with Crippen LogP contribution in [0.4, 0.5) is 0 Å². The Labute approximate surface area is 138 Å². The number of carboxylic acids is 1. The van der Waals surface area contributed by atoms with E-state index in [0.717, 1.165) is 5.56 Å². The van der Waals surface area contributed by atoms with Crippen molar-refractivity contribution in [3.8, 4) is 0 Å². The summed E-state index contributed by atoms with van der Waals surface area (Å²) in [5, 5.41) is 13.7. The number of hydrogen-bond donors (Lipinski definition) is 1. The molecule has 0 aliphatic carbocycles. The molecule has 0 radical (unpaired) electrons. The average molecular weight is 333 g/mol. The Morgan fingerprint density at radius 1 is 1.30 bits per heavy atom. The number of amides is 2. The van der Waals surface area contributed by atoms with Crippen LogP contribution in [0, 0.1) is 0 Å². The van der Waals surface area contributed by atoms with Gasteiger partial charge in [0.15, 0.2) is 0 Å². The summed E-state index contributed by atoms with van der Waals surface area (Å²) in [5.74, 6) is -1.86. The minimum Gasteiger partial charge on any atom is -0.548 e. The van der Waals surface area contributed by atoms with E-state index in [1.165, 1.54) is 16.7 Å². The summed E-state index contributed by atoms with van der Waals surface area (Å²) in [4.78, 5) is 37.0. The second-order valence-corrected chi connectivity index (χ2v) is 8.06. The maximum absolute atomic E-state index is 12.2. The lowest BCUT2D eigenvalue weighted by Crippen LogP contribution is -2.71. The van der Waals surface area contributed by atoms with Crippen LogP contribution >= 0.6 is 11.8 Å². The van der Waals surface area contributed by atoms with E-state index in [1.807, 2.05) is 30.3 Å². The van der Waals surface area contributed by atoms with Gasteiger partial charge in [-0.15, -0.1) is 11.8 Å². The van der Waals surface area contributed by atoms with E-state index in [1.54, 1.807) is 13.8 Å². The van der Waals surface area contributed by atoms with E-state index in [2.05, 4.69) is 5.32 Å². The number of nitrogens with one attached hydrogen (secondary N) is 1. The van der Waals surface area contributed by atoms with Crippen molar-refractivity contribution < 1.29 is 19.5 Å². The van der Waals surface area contributed by atoms with E-state index >= 15 is 0 Å². The number of thioether (sulfide) groups is 1. The molecule has 0 aromatic heterocycles. The first-order chi connectivity index (χ1) is 10.8. The second-order valence-electron chi connectivity index (χ2n) is 6.29. The molecule has 7 heteroatoms. The van der Waals surface area contributed by atoms with E-state index in [-0.39, 0.29) is 23.6 Å². The molecule has 2 heterocycles. The second kappa shape index (κ2) is 5.56. The number of carbonyl (C=O) groups is 3. The summed E-state index contributed by atoms with van der Waals surface area (Å²) in [6, 6.07) is 7.61. The van der Waals surface area contributed by atoms with Gasteiger partial charge in [0.05, 0.1) is 18.4 Å². The number of hydrogen-bond acceptors (Lipinski definition) is 5. The normalized spacial score (nSPS) is 28.0. The van der Waals surface area contributed by atoms with Crippen molar-refractivity contribution in [2.45, 2.75) is 42.5 Å². The lowest BCUT2D eigenvalue weighted by molar-refractivity contribution is -0.312. The van der Waals surface area contributed by atoms with Gasteiger partial charge in [0, 0.05) is 4.75 Å². The van der Waals surface area contributed by atoms with E-state index in [9.17, 15) is 19.5 Å². The van der Waals surface area contributed by atoms with Crippen LogP contribution in [0.25, 0.3) is 0 Å². The highest BCUT2D eigenvalue weighted by atomic mass is 32.2. The molecule has 2 aliphatic heterocycles.